The average Bonchev–Trinajstić information content (AvgIpc) is 2.93. The average molecular weight is 357 g/mol. The van der Waals surface area contributed by atoms with E-state index in [0.717, 1.165) is 5.56 Å². The molecular formula is C21H31N3O2. The quantitative estimate of drug-likeness (QED) is 0.840. The van der Waals surface area contributed by atoms with Gasteiger partial charge in [0, 0.05) is 36.6 Å². The zero-order valence-corrected chi connectivity index (χ0v) is 16.3. The van der Waals surface area contributed by atoms with Gasteiger partial charge in [-0.3, -0.25) is 9.59 Å². The lowest BCUT2D eigenvalue weighted by Gasteiger charge is -2.33. The van der Waals surface area contributed by atoms with Gasteiger partial charge >= 0.3 is 0 Å². The lowest BCUT2D eigenvalue weighted by atomic mass is 9.95. The molecule has 1 aliphatic carbocycles. The zero-order valence-electron chi connectivity index (χ0n) is 16.3. The van der Waals surface area contributed by atoms with Crippen molar-refractivity contribution in [2.24, 2.45) is 0 Å². The van der Waals surface area contributed by atoms with E-state index in [1.165, 1.54) is 43.5 Å². The van der Waals surface area contributed by atoms with E-state index in [4.69, 9.17) is 0 Å². The molecule has 1 unspecified atom stereocenters. The maximum atomic E-state index is 12.6. The van der Waals surface area contributed by atoms with Gasteiger partial charge in [-0.05, 0) is 50.8 Å². The van der Waals surface area contributed by atoms with Crippen molar-refractivity contribution in [1.82, 2.24) is 14.8 Å². The second-order valence-electron chi connectivity index (χ2n) is 7.57. The third kappa shape index (κ3) is 3.71. The molecule has 0 radical (unpaired) electrons. The van der Waals surface area contributed by atoms with Gasteiger partial charge in [0.2, 0.25) is 11.8 Å². The number of nitrogens with zero attached hydrogens (tertiary/aromatic N) is 2. The van der Waals surface area contributed by atoms with Crippen molar-refractivity contribution in [3.63, 3.8) is 0 Å². The van der Waals surface area contributed by atoms with Gasteiger partial charge in [0.05, 0.1) is 0 Å². The molecule has 5 heteroatoms. The third-order valence-electron chi connectivity index (χ3n) is 5.87. The standard InChI is InChI=1S/C21H31N3O2/c1-4-19-21(26)22-12-13-23(19)20(25)11-10-17-14-15(2)24(16(17)3)18-8-6-5-7-9-18/h10-11,14,18-19H,4-9,12-13H2,1-3H3,(H,22,26). The highest BCUT2D eigenvalue weighted by Gasteiger charge is 2.30. The Hall–Kier alpha value is -2.04. The van der Waals surface area contributed by atoms with E-state index in [2.05, 4.69) is 29.8 Å². The van der Waals surface area contributed by atoms with Crippen LogP contribution in [0.5, 0.6) is 0 Å². The first-order valence-corrected chi connectivity index (χ1v) is 9.97. The fourth-order valence-electron chi connectivity index (χ4n) is 4.51. The molecule has 3 rings (SSSR count). The normalized spacial score (nSPS) is 22.0. The van der Waals surface area contributed by atoms with Crippen molar-refractivity contribution in [2.45, 2.75) is 71.4 Å². The number of amides is 2. The van der Waals surface area contributed by atoms with E-state index in [1.807, 2.05) is 13.0 Å². The highest BCUT2D eigenvalue weighted by molar-refractivity contribution is 5.96. The van der Waals surface area contributed by atoms with Crippen LogP contribution in [0.15, 0.2) is 12.1 Å². The minimum Gasteiger partial charge on any atom is -0.353 e. The number of carbonyl (C=O) groups is 2. The molecule has 0 spiro atoms. The first-order chi connectivity index (χ1) is 12.5. The molecule has 26 heavy (non-hydrogen) atoms. The van der Waals surface area contributed by atoms with Gasteiger partial charge in [0.25, 0.3) is 0 Å². The van der Waals surface area contributed by atoms with Gasteiger partial charge < -0.3 is 14.8 Å². The Labute approximate surface area is 156 Å². The summed E-state index contributed by atoms with van der Waals surface area (Å²) in [6.07, 6.45) is 10.7. The van der Waals surface area contributed by atoms with Crippen molar-refractivity contribution < 1.29 is 9.59 Å². The Morgan fingerprint density at radius 2 is 2.00 bits per heavy atom. The van der Waals surface area contributed by atoms with Crippen molar-refractivity contribution in [2.75, 3.05) is 13.1 Å². The monoisotopic (exact) mass is 357 g/mol. The van der Waals surface area contributed by atoms with Crippen LogP contribution >= 0.6 is 0 Å². The second kappa shape index (κ2) is 8.11. The molecule has 1 atom stereocenters. The largest absolute Gasteiger partial charge is 0.353 e. The fraction of sp³-hybridized carbons (Fsp3) is 0.619. The van der Waals surface area contributed by atoms with E-state index in [0.29, 0.717) is 25.6 Å². The minimum atomic E-state index is -0.351. The highest BCUT2D eigenvalue weighted by atomic mass is 16.2. The summed E-state index contributed by atoms with van der Waals surface area (Å²) in [6.45, 7) is 7.36. The molecule has 1 aromatic heterocycles. The van der Waals surface area contributed by atoms with Crippen molar-refractivity contribution in [1.29, 1.82) is 0 Å². The lowest BCUT2D eigenvalue weighted by molar-refractivity contribution is -0.140. The molecule has 1 N–H and O–H groups in total. The third-order valence-corrected chi connectivity index (χ3v) is 5.87. The summed E-state index contributed by atoms with van der Waals surface area (Å²) in [5, 5.41) is 2.84. The maximum Gasteiger partial charge on any atom is 0.247 e. The Morgan fingerprint density at radius 3 is 2.69 bits per heavy atom. The summed E-state index contributed by atoms with van der Waals surface area (Å²) in [4.78, 5) is 26.3. The van der Waals surface area contributed by atoms with E-state index in [1.54, 1.807) is 11.0 Å². The molecule has 1 saturated heterocycles. The van der Waals surface area contributed by atoms with Gasteiger partial charge in [-0.1, -0.05) is 26.2 Å². The Balaban J connectivity index is 1.76. The Bertz CT molecular complexity index is 698. The van der Waals surface area contributed by atoms with Crippen LogP contribution in [0, 0.1) is 13.8 Å². The smallest absolute Gasteiger partial charge is 0.247 e. The number of carbonyl (C=O) groups excluding carboxylic acids is 2. The lowest BCUT2D eigenvalue weighted by Crippen LogP contribution is -2.56. The van der Waals surface area contributed by atoms with Crippen LogP contribution in [0.4, 0.5) is 0 Å². The summed E-state index contributed by atoms with van der Waals surface area (Å²) in [6, 6.07) is 2.42. The summed E-state index contributed by atoms with van der Waals surface area (Å²) >= 11 is 0. The van der Waals surface area contributed by atoms with E-state index >= 15 is 0 Å². The molecule has 2 aliphatic rings. The molecule has 5 nitrogen and oxygen atoms in total. The summed E-state index contributed by atoms with van der Waals surface area (Å²) in [5.74, 6) is -0.120. The predicted octanol–water partition coefficient (Wildman–Crippen LogP) is 3.36. The maximum absolute atomic E-state index is 12.6. The van der Waals surface area contributed by atoms with Crippen molar-refractivity contribution >= 4 is 17.9 Å². The fourth-order valence-corrected chi connectivity index (χ4v) is 4.51. The highest BCUT2D eigenvalue weighted by Crippen LogP contribution is 2.32. The summed E-state index contributed by atoms with van der Waals surface area (Å²) in [7, 11) is 0. The number of aromatic nitrogens is 1. The number of aryl methyl sites for hydroxylation is 1. The molecule has 142 valence electrons. The number of piperazine rings is 1. The van der Waals surface area contributed by atoms with Gasteiger partial charge in [0.1, 0.15) is 6.04 Å². The SMILES string of the molecule is CCC1C(=O)NCCN1C(=O)C=Cc1cc(C)n(C2CCCCC2)c1C. The Kier molecular flexibility index (Phi) is 5.84. The molecule has 1 aliphatic heterocycles. The molecule has 1 aromatic rings. The molecule has 0 bridgehead atoms. The predicted molar refractivity (Wildman–Crippen MR) is 104 cm³/mol. The van der Waals surface area contributed by atoms with Crippen LogP contribution in [0.1, 0.15) is 68.4 Å². The van der Waals surface area contributed by atoms with E-state index in [-0.39, 0.29) is 17.9 Å². The first-order valence-electron chi connectivity index (χ1n) is 9.97. The number of nitrogens with one attached hydrogen (secondary N) is 1. The van der Waals surface area contributed by atoms with E-state index < -0.39 is 0 Å². The van der Waals surface area contributed by atoms with Crippen molar-refractivity contribution in [3.05, 3.63) is 29.1 Å². The number of hydrogen-bond acceptors (Lipinski definition) is 2. The van der Waals surface area contributed by atoms with Crippen LogP contribution in [0.25, 0.3) is 6.08 Å². The van der Waals surface area contributed by atoms with E-state index in [9.17, 15) is 9.59 Å². The van der Waals surface area contributed by atoms with Crippen molar-refractivity contribution in [3.8, 4) is 0 Å². The van der Waals surface area contributed by atoms with Crippen LogP contribution in [-0.4, -0.2) is 40.4 Å². The molecular weight excluding hydrogens is 326 g/mol. The molecule has 1 saturated carbocycles. The Morgan fingerprint density at radius 1 is 1.27 bits per heavy atom. The number of rotatable bonds is 4. The minimum absolute atomic E-state index is 0.0454. The number of hydrogen-bond donors (Lipinski definition) is 1. The summed E-state index contributed by atoms with van der Waals surface area (Å²) < 4.78 is 2.45. The zero-order chi connectivity index (χ0) is 18.7. The van der Waals surface area contributed by atoms with Crippen LogP contribution in [-0.2, 0) is 9.59 Å². The molecule has 2 fully saturated rings. The van der Waals surface area contributed by atoms with Gasteiger partial charge in [-0.25, -0.2) is 0 Å². The van der Waals surface area contributed by atoms with Gasteiger partial charge in [-0.2, -0.15) is 0 Å². The van der Waals surface area contributed by atoms with Crippen LogP contribution in [0.3, 0.4) is 0 Å². The van der Waals surface area contributed by atoms with Crippen LogP contribution < -0.4 is 5.32 Å². The molecule has 2 heterocycles. The topological polar surface area (TPSA) is 54.3 Å². The summed E-state index contributed by atoms with van der Waals surface area (Å²) in [5.41, 5.74) is 3.61. The molecule has 2 amide bonds. The second-order valence-corrected chi connectivity index (χ2v) is 7.57. The van der Waals surface area contributed by atoms with Gasteiger partial charge in [-0.15, -0.1) is 0 Å². The first kappa shape index (κ1) is 18.7. The van der Waals surface area contributed by atoms with Crippen LogP contribution in [0.2, 0.25) is 0 Å². The molecule has 0 aromatic carbocycles. The van der Waals surface area contributed by atoms with Gasteiger partial charge in [0.15, 0.2) is 0 Å².